The van der Waals surface area contributed by atoms with Crippen LogP contribution in [0.3, 0.4) is 0 Å². The van der Waals surface area contributed by atoms with Gasteiger partial charge in [-0.25, -0.2) is 0 Å². The van der Waals surface area contributed by atoms with Crippen molar-refractivity contribution in [2.75, 3.05) is 0 Å². The van der Waals surface area contributed by atoms with E-state index in [0.29, 0.717) is 0 Å². The summed E-state index contributed by atoms with van der Waals surface area (Å²) in [6.07, 6.45) is 9.61. The first-order valence-electron chi connectivity index (χ1n) is 3.56. The minimum absolute atomic E-state index is 0. The summed E-state index contributed by atoms with van der Waals surface area (Å²) in [5, 5.41) is 0. The number of allylic oxidation sites excluding steroid dienone is 2. The summed E-state index contributed by atoms with van der Waals surface area (Å²) in [6.45, 7) is 4.39. The predicted octanol–water partition coefficient (Wildman–Crippen LogP) is 3.30. The molecule has 0 aliphatic rings. The second-order valence-electron chi connectivity index (χ2n) is 2.02. The van der Waals surface area contributed by atoms with Crippen molar-refractivity contribution in [1.29, 1.82) is 0 Å². The van der Waals surface area contributed by atoms with Crippen molar-refractivity contribution in [3.63, 3.8) is 0 Å². The van der Waals surface area contributed by atoms with Gasteiger partial charge in [-0.1, -0.05) is 38.8 Å². The van der Waals surface area contributed by atoms with Gasteiger partial charge in [0.15, 0.2) is 0 Å². The van der Waals surface area contributed by atoms with E-state index in [4.69, 9.17) is 0 Å². The third kappa shape index (κ3) is 11.3. The molecule has 0 amide bonds. The van der Waals surface area contributed by atoms with Crippen LogP contribution in [0.1, 0.15) is 39.5 Å². The van der Waals surface area contributed by atoms with E-state index >= 15 is 0 Å². The Morgan fingerprint density at radius 1 is 1.11 bits per heavy atom. The van der Waals surface area contributed by atoms with Gasteiger partial charge in [0.1, 0.15) is 0 Å². The Labute approximate surface area is 58.7 Å². The Hall–Kier alpha value is -0.300. The molecule has 0 aliphatic heterocycles. The molecular weight excluding hydrogens is 110 g/mol. The minimum atomic E-state index is 0. The van der Waals surface area contributed by atoms with Crippen LogP contribution in [-0.2, 0) is 0 Å². The Bertz CT molecular complexity index is 57.6. The summed E-state index contributed by atoms with van der Waals surface area (Å²) in [7, 11) is 0. The first kappa shape index (κ1) is 11.5. The summed E-state index contributed by atoms with van der Waals surface area (Å²) in [5.41, 5.74) is 0. The zero-order chi connectivity index (χ0) is 6.24. The van der Waals surface area contributed by atoms with Crippen LogP contribution in [0.5, 0.6) is 0 Å². The average molecular weight is 129 g/mol. The van der Waals surface area contributed by atoms with Crippen LogP contribution in [-0.4, -0.2) is 0 Å². The summed E-state index contributed by atoms with van der Waals surface area (Å²) < 4.78 is 0. The molecule has 9 heavy (non-hydrogen) atoms. The smallest absolute Gasteiger partial charge is 0.0351 e. The van der Waals surface area contributed by atoms with Gasteiger partial charge >= 0.3 is 0 Å². The fourth-order valence-corrected chi connectivity index (χ4v) is 0.606. The van der Waals surface area contributed by atoms with E-state index in [2.05, 4.69) is 26.0 Å². The molecule has 1 nitrogen and oxygen atoms in total. The SMILES string of the molecule is CC/C=C/CCCC.N. The molecule has 56 valence electrons. The van der Waals surface area contributed by atoms with Crippen LogP contribution >= 0.6 is 0 Å². The van der Waals surface area contributed by atoms with Gasteiger partial charge in [-0.3, -0.25) is 0 Å². The largest absolute Gasteiger partial charge is 0.344 e. The van der Waals surface area contributed by atoms with Crippen LogP contribution in [0, 0.1) is 0 Å². The second-order valence-corrected chi connectivity index (χ2v) is 2.02. The molecule has 0 radical (unpaired) electrons. The van der Waals surface area contributed by atoms with Gasteiger partial charge in [-0.05, 0) is 12.8 Å². The fraction of sp³-hybridized carbons (Fsp3) is 0.750. The monoisotopic (exact) mass is 129 g/mol. The van der Waals surface area contributed by atoms with Crippen LogP contribution in [0.15, 0.2) is 12.2 Å². The fourth-order valence-electron chi connectivity index (χ4n) is 0.606. The first-order valence-corrected chi connectivity index (χ1v) is 3.56. The summed E-state index contributed by atoms with van der Waals surface area (Å²) >= 11 is 0. The van der Waals surface area contributed by atoms with Crippen molar-refractivity contribution >= 4 is 0 Å². The molecule has 0 aromatic heterocycles. The maximum atomic E-state index is 2.27. The normalized spacial score (nSPS) is 9.56. The highest BCUT2D eigenvalue weighted by molar-refractivity contribution is 4.79. The molecule has 3 N–H and O–H groups in total. The van der Waals surface area contributed by atoms with Crippen LogP contribution in [0.2, 0.25) is 0 Å². The van der Waals surface area contributed by atoms with Crippen molar-refractivity contribution < 1.29 is 0 Å². The van der Waals surface area contributed by atoms with Gasteiger partial charge in [0.25, 0.3) is 0 Å². The van der Waals surface area contributed by atoms with Crippen molar-refractivity contribution in [2.24, 2.45) is 0 Å². The minimum Gasteiger partial charge on any atom is -0.344 e. The predicted molar refractivity (Wildman–Crippen MR) is 44.0 cm³/mol. The topological polar surface area (TPSA) is 35.0 Å². The molecule has 1 heteroatoms. The van der Waals surface area contributed by atoms with Gasteiger partial charge < -0.3 is 6.15 Å². The molecule has 0 bridgehead atoms. The molecule has 0 rings (SSSR count). The molecule has 0 saturated heterocycles. The van der Waals surface area contributed by atoms with E-state index in [1.807, 2.05) is 0 Å². The lowest BCUT2D eigenvalue weighted by Crippen LogP contribution is -1.65. The maximum Gasteiger partial charge on any atom is -0.0351 e. The molecule has 0 atom stereocenters. The van der Waals surface area contributed by atoms with Crippen molar-refractivity contribution in [1.82, 2.24) is 6.15 Å². The Morgan fingerprint density at radius 2 is 1.78 bits per heavy atom. The van der Waals surface area contributed by atoms with Crippen LogP contribution < -0.4 is 6.15 Å². The molecule has 0 aromatic carbocycles. The van der Waals surface area contributed by atoms with Gasteiger partial charge in [-0.15, -0.1) is 0 Å². The van der Waals surface area contributed by atoms with E-state index in [-0.39, 0.29) is 6.15 Å². The van der Waals surface area contributed by atoms with Crippen molar-refractivity contribution in [3.8, 4) is 0 Å². The van der Waals surface area contributed by atoms with Crippen molar-refractivity contribution in [2.45, 2.75) is 39.5 Å². The Morgan fingerprint density at radius 3 is 2.22 bits per heavy atom. The number of rotatable bonds is 4. The molecule has 0 saturated carbocycles. The number of unbranched alkanes of at least 4 members (excludes halogenated alkanes) is 2. The zero-order valence-electron chi connectivity index (χ0n) is 6.69. The van der Waals surface area contributed by atoms with Gasteiger partial charge in [0.05, 0.1) is 0 Å². The molecule has 0 fully saturated rings. The average Bonchev–Trinajstić information content (AvgIpc) is 1.81. The first-order chi connectivity index (χ1) is 3.91. The third-order valence-electron chi connectivity index (χ3n) is 1.13. The summed E-state index contributed by atoms with van der Waals surface area (Å²) in [5.74, 6) is 0. The highest BCUT2D eigenvalue weighted by Crippen LogP contribution is 1.94. The van der Waals surface area contributed by atoms with Gasteiger partial charge in [-0.2, -0.15) is 0 Å². The summed E-state index contributed by atoms with van der Waals surface area (Å²) in [4.78, 5) is 0. The third-order valence-corrected chi connectivity index (χ3v) is 1.13. The van der Waals surface area contributed by atoms with E-state index in [1.54, 1.807) is 0 Å². The standard InChI is InChI=1S/C8H16.H3N/c1-3-5-7-8-6-4-2;/h5,7H,3-4,6,8H2,1-2H3;1H3/b7-5+;. The second kappa shape index (κ2) is 10.6. The number of hydrogen-bond donors (Lipinski definition) is 1. The lowest BCUT2D eigenvalue weighted by molar-refractivity contribution is 0.812. The van der Waals surface area contributed by atoms with Gasteiger partial charge in [0.2, 0.25) is 0 Å². The van der Waals surface area contributed by atoms with Crippen LogP contribution in [0.4, 0.5) is 0 Å². The molecule has 0 spiro atoms. The Kier molecular flexibility index (Phi) is 13.6. The van der Waals surface area contributed by atoms with E-state index in [1.165, 1.54) is 25.7 Å². The van der Waals surface area contributed by atoms with Gasteiger partial charge in [0, 0.05) is 0 Å². The lowest BCUT2D eigenvalue weighted by atomic mass is 10.2. The maximum absolute atomic E-state index is 2.27. The lowest BCUT2D eigenvalue weighted by Gasteiger charge is -1.85. The van der Waals surface area contributed by atoms with E-state index in [9.17, 15) is 0 Å². The molecule has 0 heterocycles. The highest BCUT2D eigenvalue weighted by Gasteiger charge is 1.74. The quantitative estimate of drug-likeness (QED) is 0.458. The van der Waals surface area contributed by atoms with E-state index < -0.39 is 0 Å². The Balaban J connectivity index is 0. The van der Waals surface area contributed by atoms with Crippen molar-refractivity contribution in [3.05, 3.63) is 12.2 Å². The molecule has 0 aliphatic carbocycles. The highest BCUT2D eigenvalue weighted by atomic mass is 14.0. The van der Waals surface area contributed by atoms with E-state index in [0.717, 1.165) is 0 Å². The molecule has 0 unspecified atom stereocenters. The number of hydrogen-bond acceptors (Lipinski definition) is 1. The zero-order valence-corrected chi connectivity index (χ0v) is 6.69. The molecular formula is C8H19N. The molecule has 0 aromatic rings. The van der Waals surface area contributed by atoms with Crippen LogP contribution in [0.25, 0.3) is 0 Å². The summed E-state index contributed by atoms with van der Waals surface area (Å²) in [6, 6.07) is 0.